The Labute approximate surface area is 192 Å². The lowest BCUT2D eigenvalue weighted by Gasteiger charge is -2.35. The average molecular weight is 439 g/mol. The van der Waals surface area contributed by atoms with Crippen LogP contribution in [0.5, 0.6) is 0 Å². The van der Waals surface area contributed by atoms with E-state index in [1.165, 1.54) is 0 Å². The zero-order chi connectivity index (χ0) is 22.8. The lowest BCUT2D eigenvalue weighted by Crippen LogP contribution is -2.50. The number of fused-ring (bicyclic) bond motifs is 1. The van der Waals surface area contributed by atoms with E-state index >= 15 is 0 Å². The van der Waals surface area contributed by atoms with Gasteiger partial charge in [0, 0.05) is 31.7 Å². The molecule has 2 heterocycles. The largest absolute Gasteiger partial charge is 0.348 e. The van der Waals surface area contributed by atoms with Gasteiger partial charge in [-0.2, -0.15) is 0 Å². The number of piperazine rings is 1. The number of hydrogen-bond acceptors (Lipinski definition) is 4. The first-order chi connectivity index (χ1) is 16.1. The average Bonchev–Trinajstić information content (AvgIpc) is 2.86. The molecule has 0 N–H and O–H groups in total. The number of hydrogen-bond donors (Lipinski definition) is 0. The molecule has 0 radical (unpaired) electrons. The first kappa shape index (κ1) is 20.9. The number of carbonyl (C=O) groups is 1. The second-order valence-electron chi connectivity index (χ2n) is 8.40. The molecule has 3 aromatic carbocycles. The van der Waals surface area contributed by atoms with Crippen molar-refractivity contribution in [2.45, 2.75) is 13.5 Å². The van der Waals surface area contributed by atoms with Gasteiger partial charge in [0.25, 0.3) is 11.5 Å². The highest BCUT2D eigenvalue weighted by atomic mass is 16.2. The standard InChI is InChI=1S/C27H26N4O2/c1-20-9-5-6-12-22(20)26(32)30-17-15-29(16-18-30)25-27(33)31(19-21-10-3-2-4-11-21)24-14-8-7-13-23(24)28-25/h2-14H,15-19H2,1H3. The quantitative estimate of drug-likeness (QED) is 0.487. The van der Waals surface area contributed by atoms with Crippen molar-refractivity contribution in [3.05, 3.63) is 106 Å². The monoisotopic (exact) mass is 438 g/mol. The Morgan fingerprint density at radius 1 is 0.848 bits per heavy atom. The molecule has 1 aromatic heterocycles. The van der Waals surface area contributed by atoms with Crippen molar-refractivity contribution < 1.29 is 4.79 Å². The Balaban J connectivity index is 1.43. The molecule has 0 unspecified atom stereocenters. The van der Waals surface area contributed by atoms with Crippen molar-refractivity contribution in [2.24, 2.45) is 0 Å². The predicted octanol–water partition coefficient (Wildman–Crippen LogP) is 3.72. The van der Waals surface area contributed by atoms with Crippen molar-refractivity contribution in [3.63, 3.8) is 0 Å². The van der Waals surface area contributed by atoms with Gasteiger partial charge >= 0.3 is 0 Å². The van der Waals surface area contributed by atoms with E-state index < -0.39 is 0 Å². The Morgan fingerprint density at radius 3 is 2.27 bits per heavy atom. The highest BCUT2D eigenvalue weighted by Crippen LogP contribution is 2.19. The molecular formula is C27H26N4O2. The first-order valence-corrected chi connectivity index (χ1v) is 11.2. The fraction of sp³-hybridized carbons (Fsp3) is 0.222. The summed E-state index contributed by atoms with van der Waals surface area (Å²) in [5.74, 6) is 0.494. The molecule has 1 fully saturated rings. The first-order valence-electron chi connectivity index (χ1n) is 11.2. The minimum Gasteiger partial charge on any atom is -0.348 e. The highest BCUT2D eigenvalue weighted by molar-refractivity contribution is 5.95. The molecule has 0 saturated carbocycles. The second-order valence-corrected chi connectivity index (χ2v) is 8.40. The van der Waals surface area contributed by atoms with Gasteiger partial charge in [0.05, 0.1) is 17.6 Å². The summed E-state index contributed by atoms with van der Waals surface area (Å²) < 4.78 is 1.80. The number of aromatic nitrogens is 2. The zero-order valence-electron chi connectivity index (χ0n) is 18.6. The normalized spacial score (nSPS) is 14.0. The zero-order valence-corrected chi connectivity index (χ0v) is 18.6. The van der Waals surface area contributed by atoms with E-state index in [-0.39, 0.29) is 11.5 Å². The topological polar surface area (TPSA) is 58.4 Å². The van der Waals surface area contributed by atoms with Gasteiger partial charge in [-0.15, -0.1) is 0 Å². The minimum absolute atomic E-state index is 0.0423. The number of nitrogens with zero attached hydrogens (tertiary/aromatic N) is 4. The molecule has 0 bridgehead atoms. The van der Waals surface area contributed by atoms with Gasteiger partial charge in [-0.25, -0.2) is 4.98 Å². The Bertz CT molecular complexity index is 1360. The molecule has 4 aromatic rings. The summed E-state index contributed by atoms with van der Waals surface area (Å²) in [6.07, 6.45) is 0. The number of para-hydroxylation sites is 2. The molecule has 0 spiro atoms. The van der Waals surface area contributed by atoms with Crippen LogP contribution in [0.15, 0.2) is 83.7 Å². The van der Waals surface area contributed by atoms with Crippen LogP contribution < -0.4 is 10.5 Å². The Morgan fingerprint density at radius 2 is 1.52 bits per heavy atom. The molecule has 1 saturated heterocycles. The number of carbonyl (C=O) groups excluding carboxylic acids is 1. The van der Waals surface area contributed by atoms with E-state index in [0.29, 0.717) is 38.5 Å². The number of anilines is 1. The van der Waals surface area contributed by atoms with Crippen LogP contribution in [0.4, 0.5) is 5.82 Å². The van der Waals surface area contributed by atoms with Crippen LogP contribution in [0.3, 0.4) is 0 Å². The fourth-order valence-corrected chi connectivity index (χ4v) is 4.41. The third kappa shape index (κ3) is 4.12. The summed E-state index contributed by atoms with van der Waals surface area (Å²) in [5.41, 5.74) is 4.29. The molecule has 1 amide bonds. The fourth-order valence-electron chi connectivity index (χ4n) is 4.41. The maximum Gasteiger partial charge on any atom is 0.294 e. The van der Waals surface area contributed by atoms with Crippen molar-refractivity contribution in [3.8, 4) is 0 Å². The third-order valence-electron chi connectivity index (χ3n) is 6.26. The lowest BCUT2D eigenvalue weighted by molar-refractivity contribution is 0.0745. The van der Waals surface area contributed by atoms with E-state index in [4.69, 9.17) is 4.98 Å². The van der Waals surface area contributed by atoms with Crippen LogP contribution in [0.1, 0.15) is 21.5 Å². The molecule has 0 atom stereocenters. The molecule has 166 valence electrons. The van der Waals surface area contributed by atoms with Gasteiger partial charge in [0.15, 0.2) is 5.82 Å². The van der Waals surface area contributed by atoms with E-state index in [1.807, 2.05) is 95.6 Å². The summed E-state index contributed by atoms with van der Waals surface area (Å²) in [6.45, 7) is 4.70. The Kier molecular flexibility index (Phi) is 5.65. The third-order valence-corrected chi connectivity index (χ3v) is 6.26. The molecule has 0 aliphatic carbocycles. The minimum atomic E-state index is -0.101. The summed E-state index contributed by atoms with van der Waals surface area (Å²) in [5, 5.41) is 0. The molecule has 6 nitrogen and oxygen atoms in total. The number of amides is 1. The van der Waals surface area contributed by atoms with Crippen molar-refractivity contribution in [1.82, 2.24) is 14.5 Å². The Hall–Kier alpha value is -3.93. The van der Waals surface area contributed by atoms with E-state index in [9.17, 15) is 9.59 Å². The van der Waals surface area contributed by atoms with Gasteiger partial charge in [-0.3, -0.25) is 14.2 Å². The predicted molar refractivity (Wildman–Crippen MR) is 131 cm³/mol. The van der Waals surface area contributed by atoms with Gasteiger partial charge in [0.1, 0.15) is 0 Å². The van der Waals surface area contributed by atoms with Crippen molar-refractivity contribution in [2.75, 3.05) is 31.1 Å². The SMILES string of the molecule is Cc1ccccc1C(=O)N1CCN(c2nc3ccccc3n(Cc3ccccc3)c2=O)CC1. The highest BCUT2D eigenvalue weighted by Gasteiger charge is 2.26. The maximum absolute atomic E-state index is 13.5. The van der Waals surface area contributed by atoms with E-state index in [0.717, 1.165) is 27.7 Å². The van der Waals surface area contributed by atoms with Crippen LogP contribution >= 0.6 is 0 Å². The van der Waals surface area contributed by atoms with Crippen LogP contribution in [0, 0.1) is 6.92 Å². The van der Waals surface area contributed by atoms with Crippen molar-refractivity contribution >= 4 is 22.8 Å². The molecule has 33 heavy (non-hydrogen) atoms. The van der Waals surface area contributed by atoms with Gasteiger partial charge in [-0.05, 0) is 36.2 Å². The van der Waals surface area contributed by atoms with Crippen LogP contribution in [-0.4, -0.2) is 46.5 Å². The maximum atomic E-state index is 13.5. The molecular weight excluding hydrogens is 412 g/mol. The summed E-state index contributed by atoms with van der Waals surface area (Å²) >= 11 is 0. The summed E-state index contributed by atoms with van der Waals surface area (Å²) in [4.78, 5) is 35.1. The van der Waals surface area contributed by atoms with Crippen LogP contribution in [-0.2, 0) is 6.54 Å². The number of benzene rings is 3. The van der Waals surface area contributed by atoms with Gasteiger partial charge in [-0.1, -0.05) is 60.7 Å². The smallest absolute Gasteiger partial charge is 0.294 e. The van der Waals surface area contributed by atoms with E-state index in [2.05, 4.69) is 0 Å². The van der Waals surface area contributed by atoms with Gasteiger partial charge in [0.2, 0.25) is 0 Å². The lowest BCUT2D eigenvalue weighted by atomic mass is 10.1. The molecule has 1 aliphatic rings. The summed E-state index contributed by atoms with van der Waals surface area (Å²) in [6, 6.07) is 25.4. The summed E-state index contributed by atoms with van der Waals surface area (Å²) in [7, 11) is 0. The van der Waals surface area contributed by atoms with Crippen LogP contribution in [0.25, 0.3) is 11.0 Å². The van der Waals surface area contributed by atoms with E-state index in [1.54, 1.807) is 4.57 Å². The molecule has 5 rings (SSSR count). The number of aryl methyl sites for hydroxylation is 1. The van der Waals surface area contributed by atoms with Crippen LogP contribution in [0.2, 0.25) is 0 Å². The number of rotatable bonds is 4. The van der Waals surface area contributed by atoms with Gasteiger partial charge < -0.3 is 9.80 Å². The second kappa shape index (κ2) is 8.90. The molecule has 1 aliphatic heterocycles. The van der Waals surface area contributed by atoms with Crippen molar-refractivity contribution in [1.29, 1.82) is 0 Å². The molecule has 6 heteroatoms.